The third-order valence-corrected chi connectivity index (χ3v) is 4.25. The Morgan fingerprint density at radius 3 is 2.52 bits per heavy atom. The van der Waals surface area contributed by atoms with Crippen molar-refractivity contribution in [3.8, 4) is 5.75 Å². The summed E-state index contributed by atoms with van der Waals surface area (Å²) in [5.41, 5.74) is 2.22. The Bertz CT molecular complexity index is 623. The van der Waals surface area contributed by atoms with E-state index in [1.165, 1.54) is 18.7 Å². The molecule has 0 saturated heterocycles. The first-order valence-corrected chi connectivity index (χ1v) is 7.39. The van der Waals surface area contributed by atoms with E-state index in [0.717, 1.165) is 23.6 Å². The average molecular weight is 306 g/mol. The minimum atomic E-state index is -0.337. The second kappa shape index (κ2) is 5.94. The number of anilines is 1. The average Bonchev–Trinajstić information content (AvgIpc) is 2.45. The summed E-state index contributed by atoms with van der Waals surface area (Å²) in [6.45, 7) is 0. The van der Waals surface area contributed by atoms with Gasteiger partial charge in [-0.05, 0) is 48.6 Å². The van der Waals surface area contributed by atoms with Crippen LogP contribution in [0.2, 0.25) is 5.02 Å². The van der Waals surface area contributed by atoms with Crippen molar-refractivity contribution in [2.45, 2.75) is 24.8 Å². The Balaban J connectivity index is 1.58. The fraction of sp³-hybridized carbons (Fsp3) is 0.294. The summed E-state index contributed by atoms with van der Waals surface area (Å²) in [6.07, 6.45) is 2.14. The van der Waals surface area contributed by atoms with E-state index in [1.54, 1.807) is 12.1 Å². The number of methoxy groups -OCH3 is 1. The molecule has 0 aliphatic heterocycles. The van der Waals surface area contributed by atoms with Crippen LogP contribution in [0, 0.1) is 5.82 Å². The fourth-order valence-corrected chi connectivity index (χ4v) is 2.85. The number of nitrogens with one attached hydrogen (secondary N) is 1. The maximum atomic E-state index is 13.4. The van der Waals surface area contributed by atoms with Gasteiger partial charge in [-0.2, -0.15) is 0 Å². The topological polar surface area (TPSA) is 21.3 Å². The molecule has 0 unspecified atom stereocenters. The first-order chi connectivity index (χ1) is 10.2. The predicted octanol–water partition coefficient (Wildman–Crippen LogP) is 4.85. The lowest BCUT2D eigenvalue weighted by Gasteiger charge is -2.37. The van der Waals surface area contributed by atoms with Crippen LogP contribution in [0.15, 0.2) is 42.5 Å². The van der Waals surface area contributed by atoms with Gasteiger partial charge in [-0.15, -0.1) is 0 Å². The molecule has 1 N–H and O–H groups in total. The molecule has 1 aliphatic carbocycles. The van der Waals surface area contributed by atoms with Gasteiger partial charge in [0.05, 0.1) is 7.11 Å². The van der Waals surface area contributed by atoms with Crippen molar-refractivity contribution in [2.75, 3.05) is 12.4 Å². The molecule has 4 heteroatoms. The molecule has 1 saturated carbocycles. The molecule has 3 rings (SSSR count). The van der Waals surface area contributed by atoms with Crippen LogP contribution < -0.4 is 10.1 Å². The zero-order chi connectivity index (χ0) is 14.8. The lowest BCUT2D eigenvalue weighted by atomic mass is 9.76. The van der Waals surface area contributed by atoms with Crippen LogP contribution in [0.25, 0.3) is 0 Å². The molecule has 0 heterocycles. The Morgan fingerprint density at radius 1 is 1.14 bits per heavy atom. The highest BCUT2D eigenvalue weighted by atomic mass is 35.5. The van der Waals surface area contributed by atoms with Gasteiger partial charge in [0.25, 0.3) is 0 Å². The Labute approximate surface area is 128 Å². The minimum Gasteiger partial charge on any atom is -0.494 e. The van der Waals surface area contributed by atoms with Gasteiger partial charge in [-0.1, -0.05) is 23.7 Å². The lowest BCUT2D eigenvalue weighted by Crippen LogP contribution is -2.33. The highest BCUT2D eigenvalue weighted by Crippen LogP contribution is 2.39. The molecule has 110 valence electrons. The summed E-state index contributed by atoms with van der Waals surface area (Å²) in [6, 6.07) is 13.3. The number of ether oxygens (including phenoxy) is 1. The summed E-state index contributed by atoms with van der Waals surface area (Å²) < 4.78 is 18.3. The largest absolute Gasteiger partial charge is 0.494 e. The second-order valence-electron chi connectivity index (χ2n) is 5.41. The number of hydrogen-bond donors (Lipinski definition) is 1. The van der Waals surface area contributed by atoms with Crippen LogP contribution in [-0.2, 0) is 0 Å². The van der Waals surface area contributed by atoms with Crippen molar-refractivity contribution in [3.05, 3.63) is 58.9 Å². The smallest absolute Gasteiger partial charge is 0.165 e. The highest BCUT2D eigenvalue weighted by molar-refractivity contribution is 6.30. The van der Waals surface area contributed by atoms with Gasteiger partial charge in [-0.3, -0.25) is 0 Å². The standard InChI is InChI=1S/C17H17ClFNO/c1-21-17-10-14(6-7-16(17)19)20-15-8-12(9-15)11-2-4-13(18)5-3-11/h2-7,10,12,15,20H,8-9H2,1H3. The summed E-state index contributed by atoms with van der Waals surface area (Å²) in [5, 5.41) is 4.19. The zero-order valence-corrected chi connectivity index (χ0v) is 12.5. The van der Waals surface area contributed by atoms with Crippen LogP contribution in [-0.4, -0.2) is 13.2 Å². The zero-order valence-electron chi connectivity index (χ0n) is 11.8. The lowest BCUT2D eigenvalue weighted by molar-refractivity contribution is 0.372. The highest BCUT2D eigenvalue weighted by Gasteiger charge is 2.30. The molecule has 0 amide bonds. The van der Waals surface area contributed by atoms with Crippen LogP contribution in [0.5, 0.6) is 5.75 Å². The summed E-state index contributed by atoms with van der Waals surface area (Å²) in [4.78, 5) is 0. The predicted molar refractivity (Wildman–Crippen MR) is 83.8 cm³/mol. The molecule has 0 bridgehead atoms. The van der Waals surface area contributed by atoms with Gasteiger partial charge in [0.1, 0.15) is 0 Å². The van der Waals surface area contributed by atoms with E-state index in [9.17, 15) is 4.39 Å². The number of hydrogen-bond acceptors (Lipinski definition) is 2. The molecule has 0 spiro atoms. The van der Waals surface area contributed by atoms with Crippen LogP contribution >= 0.6 is 11.6 Å². The van der Waals surface area contributed by atoms with E-state index >= 15 is 0 Å². The van der Waals surface area contributed by atoms with Crippen LogP contribution in [0.1, 0.15) is 24.3 Å². The minimum absolute atomic E-state index is 0.272. The molecular weight excluding hydrogens is 289 g/mol. The molecular formula is C17H17ClFNO. The molecule has 2 nitrogen and oxygen atoms in total. The first-order valence-electron chi connectivity index (χ1n) is 7.01. The Hall–Kier alpha value is -1.74. The maximum Gasteiger partial charge on any atom is 0.165 e. The van der Waals surface area contributed by atoms with E-state index in [1.807, 2.05) is 12.1 Å². The molecule has 0 aromatic heterocycles. The number of halogens is 2. The number of benzene rings is 2. The maximum absolute atomic E-state index is 13.4. The molecule has 0 radical (unpaired) electrons. The van der Waals surface area contributed by atoms with Crippen molar-refractivity contribution >= 4 is 17.3 Å². The molecule has 1 fully saturated rings. The van der Waals surface area contributed by atoms with E-state index < -0.39 is 0 Å². The second-order valence-corrected chi connectivity index (χ2v) is 5.85. The van der Waals surface area contributed by atoms with Gasteiger partial charge in [-0.25, -0.2) is 4.39 Å². The van der Waals surface area contributed by atoms with Gasteiger partial charge in [0, 0.05) is 22.8 Å². The Kier molecular flexibility index (Phi) is 4.02. The normalized spacial score (nSPS) is 20.7. The van der Waals surface area contributed by atoms with E-state index in [4.69, 9.17) is 16.3 Å². The van der Waals surface area contributed by atoms with E-state index in [0.29, 0.717) is 12.0 Å². The van der Waals surface area contributed by atoms with Crippen LogP contribution in [0.3, 0.4) is 0 Å². The SMILES string of the molecule is COc1cc(NC2CC(c3ccc(Cl)cc3)C2)ccc1F. The number of rotatable bonds is 4. The van der Waals surface area contributed by atoms with Gasteiger partial charge in [0.15, 0.2) is 11.6 Å². The summed E-state index contributed by atoms with van der Waals surface area (Å²) >= 11 is 5.90. The van der Waals surface area contributed by atoms with Crippen molar-refractivity contribution in [1.82, 2.24) is 0 Å². The third-order valence-electron chi connectivity index (χ3n) is 4.00. The van der Waals surface area contributed by atoms with Gasteiger partial charge >= 0.3 is 0 Å². The summed E-state index contributed by atoms with van der Waals surface area (Å²) in [5.74, 6) is 0.506. The molecule has 2 aromatic carbocycles. The van der Waals surface area contributed by atoms with Crippen molar-refractivity contribution in [3.63, 3.8) is 0 Å². The van der Waals surface area contributed by atoms with Crippen LogP contribution in [0.4, 0.5) is 10.1 Å². The molecule has 1 aliphatic rings. The van der Waals surface area contributed by atoms with Crippen molar-refractivity contribution < 1.29 is 9.13 Å². The monoisotopic (exact) mass is 305 g/mol. The molecule has 21 heavy (non-hydrogen) atoms. The van der Waals surface area contributed by atoms with Gasteiger partial charge in [0.2, 0.25) is 0 Å². The van der Waals surface area contributed by atoms with Crippen molar-refractivity contribution in [2.24, 2.45) is 0 Å². The molecule has 2 aromatic rings. The first kappa shape index (κ1) is 14.2. The van der Waals surface area contributed by atoms with Gasteiger partial charge < -0.3 is 10.1 Å². The van der Waals surface area contributed by atoms with E-state index in [-0.39, 0.29) is 11.6 Å². The third kappa shape index (κ3) is 3.13. The quantitative estimate of drug-likeness (QED) is 0.872. The van der Waals surface area contributed by atoms with Crippen molar-refractivity contribution in [1.29, 1.82) is 0 Å². The fourth-order valence-electron chi connectivity index (χ4n) is 2.73. The molecule has 0 atom stereocenters. The summed E-state index contributed by atoms with van der Waals surface area (Å²) in [7, 11) is 1.47. The van der Waals surface area contributed by atoms with E-state index in [2.05, 4.69) is 17.4 Å². The Morgan fingerprint density at radius 2 is 1.86 bits per heavy atom.